The maximum Gasteiger partial charge on any atom is 0.213 e. The molecule has 0 saturated carbocycles. The van der Waals surface area contributed by atoms with E-state index in [9.17, 15) is 0 Å². The average molecular weight is 157 g/mol. The van der Waals surface area contributed by atoms with Crippen molar-refractivity contribution in [2.75, 3.05) is 13.1 Å². The van der Waals surface area contributed by atoms with Gasteiger partial charge in [-0.25, -0.2) is 0 Å². The van der Waals surface area contributed by atoms with Gasteiger partial charge in [-0.15, -0.1) is 0 Å². The molecular weight excluding hydrogens is 142 g/mol. The lowest BCUT2D eigenvalue weighted by Crippen LogP contribution is -2.39. The summed E-state index contributed by atoms with van der Waals surface area (Å²) in [6.45, 7) is 3.55. The van der Waals surface area contributed by atoms with Crippen LogP contribution in [-0.2, 0) is 0 Å². The van der Waals surface area contributed by atoms with Crippen molar-refractivity contribution in [3.8, 4) is 0 Å². The Morgan fingerprint density at radius 2 is 1.91 bits per heavy atom. The van der Waals surface area contributed by atoms with E-state index >= 15 is 0 Å². The molecule has 11 heavy (non-hydrogen) atoms. The molecule has 64 valence electrons. The van der Waals surface area contributed by atoms with Crippen molar-refractivity contribution >= 4 is 0 Å². The summed E-state index contributed by atoms with van der Waals surface area (Å²) in [4.78, 5) is 1.66. The molecule has 1 aliphatic rings. The molecule has 0 bridgehead atoms. The highest BCUT2D eigenvalue weighted by Gasteiger charge is 2.17. The van der Waals surface area contributed by atoms with Gasteiger partial charge in [0.2, 0.25) is 6.41 Å². The molecule has 1 aliphatic heterocycles. The fourth-order valence-electron chi connectivity index (χ4n) is 1.33. The first-order valence-electron chi connectivity index (χ1n) is 3.98. The molecule has 1 fully saturated rings. The van der Waals surface area contributed by atoms with E-state index < -0.39 is 6.41 Å². The third-order valence-electron chi connectivity index (χ3n) is 2.18. The number of rotatable bonds is 1. The number of likely N-dealkylation sites (tertiary alicyclic amines) is 1. The van der Waals surface area contributed by atoms with E-state index in [1.165, 1.54) is 5.57 Å². The van der Waals surface area contributed by atoms with E-state index in [4.69, 9.17) is 10.2 Å². The summed E-state index contributed by atoms with van der Waals surface area (Å²) >= 11 is 0. The minimum absolute atomic E-state index is 0.761. The summed E-state index contributed by atoms with van der Waals surface area (Å²) in [6.07, 6.45) is 2.77. The minimum Gasteiger partial charge on any atom is -0.356 e. The summed E-state index contributed by atoms with van der Waals surface area (Å²) < 4.78 is 0. The lowest BCUT2D eigenvalue weighted by atomic mass is 10.0. The molecule has 0 spiro atoms. The van der Waals surface area contributed by atoms with Gasteiger partial charge in [-0.1, -0.05) is 11.6 Å². The highest BCUT2D eigenvalue weighted by Crippen LogP contribution is 2.15. The number of allylic oxidation sites excluding steroid dienone is 1. The highest BCUT2D eigenvalue weighted by atomic mass is 16.5. The molecule has 0 aliphatic carbocycles. The van der Waals surface area contributed by atoms with Crippen LogP contribution in [0.3, 0.4) is 0 Å². The molecular formula is C8H15NO2. The zero-order valence-electron chi connectivity index (χ0n) is 6.82. The first-order valence-corrected chi connectivity index (χ1v) is 3.98. The number of aliphatic hydroxyl groups excluding tert-OH is 1. The van der Waals surface area contributed by atoms with Crippen LogP contribution in [0.15, 0.2) is 11.6 Å². The summed E-state index contributed by atoms with van der Waals surface area (Å²) in [5.74, 6) is 0. The van der Waals surface area contributed by atoms with Gasteiger partial charge in [-0.05, 0) is 19.8 Å². The summed E-state index contributed by atoms with van der Waals surface area (Å²) in [5, 5.41) is 17.6. The van der Waals surface area contributed by atoms with E-state index in [-0.39, 0.29) is 0 Å². The molecule has 0 aromatic rings. The molecule has 0 amide bonds. The van der Waals surface area contributed by atoms with Gasteiger partial charge in [0.1, 0.15) is 0 Å². The van der Waals surface area contributed by atoms with E-state index in [0.717, 1.165) is 25.9 Å². The molecule has 0 unspecified atom stereocenters. The van der Waals surface area contributed by atoms with Crippen LogP contribution < -0.4 is 0 Å². The van der Waals surface area contributed by atoms with Gasteiger partial charge >= 0.3 is 0 Å². The van der Waals surface area contributed by atoms with Crippen molar-refractivity contribution in [2.24, 2.45) is 0 Å². The van der Waals surface area contributed by atoms with Gasteiger partial charge in [-0.2, -0.15) is 0 Å². The molecule has 2 N–H and O–H groups in total. The molecule has 3 nitrogen and oxygen atoms in total. The predicted molar refractivity (Wildman–Crippen MR) is 42.8 cm³/mol. The van der Waals surface area contributed by atoms with Crippen molar-refractivity contribution in [1.82, 2.24) is 4.90 Å². The highest BCUT2D eigenvalue weighted by molar-refractivity contribution is 5.03. The Kier molecular flexibility index (Phi) is 3.05. The Labute approximate surface area is 66.9 Å². The van der Waals surface area contributed by atoms with E-state index in [2.05, 4.69) is 6.08 Å². The SMILES string of the molecule is CC=C1CCN(C(O)O)CC1. The lowest BCUT2D eigenvalue weighted by molar-refractivity contribution is -0.157. The van der Waals surface area contributed by atoms with Crippen LogP contribution in [-0.4, -0.2) is 34.6 Å². The van der Waals surface area contributed by atoms with Crippen LogP contribution in [0.2, 0.25) is 0 Å². The molecule has 1 rings (SSSR count). The molecule has 1 saturated heterocycles. The molecule has 0 aromatic carbocycles. The lowest BCUT2D eigenvalue weighted by Gasteiger charge is -2.29. The Morgan fingerprint density at radius 1 is 1.36 bits per heavy atom. The predicted octanol–water partition coefficient (Wildman–Crippen LogP) is 0.297. The van der Waals surface area contributed by atoms with Crippen molar-refractivity contribution in [1.29, 1.82) is 0 Å². The molecule has 3 heteroatoms. The topological polar surface area (TPSA) is 43.7 Å². The minimum atomic E-state index is -1.27. The van der Waals surface area contributed by atoms with Gasteiger partial charge < -0.3 is 10.2 Å². The maximum absolute atomic E-state index is 8.80. The number of nitrogens with zero attached hydrogens (tertiary/aromatic N) is 1. The van der Waals surface area contributed by atoms with Gasteiger partial charge in [-0.3, -0.25) is 4.90 Å². The van der Waals surface area contributed by atoms with E-state index in [1.807, 2.05) is 6.92 Å². The largest absolute Gasteiger partial charge is 0.356 e. The van der Waals surface area contributed by atoms with E-state index in [1.54, 1.807) is 4.90 Å². The van der Waals surface area contributed by atoms with Crippen molar-refractivity contribution < 1.29 is 10.2 Å². The van der Waals surface area contributed by atoms with Crippen LogP contribution >= 0.6 is 0 Å². The third-order valence-corrected chi connectivity index (χ3v) is 2.18. The normalized spacial score (nSPS) is 20.9. The molecule has 1 heterocycles. The zero-order valence-corrected chi connectivity index (χ0v) is 6.82. The summed E-state index contributed by atoms with van der Waals surface area (Å²) in [7, 11) is 0. The Morgan fingerprint density at radius 3 is 2.27 bits per heavy atom. The van der Waals surface area contributed by atoms with Crippen LogP contribution in [0.25, 0.3) is 0 Å². The average Bonchev–Trinajstić information content (AvgIpc) is 2.05. The second-order valence-corrected chi connectivity index (χ2v) is 2.83. The molecule has 0 atom stereocenters. The third kappa shape index (κ3) is 2.29. The molecule has 0 aromatic heterocycles. The Balaban J connectivity index is 2.36. The van der Waals surface area contributed by atoms with Crippen LogP contribution in [0.5, 0.6) is 0 Å². The number of hydrogen-bond acceptors (Lipinski definition) is 3. The zero-order chi connectivity index (χ0) is 8.27. The van der Waals surface area contributed by atoms with Gasteiger partial charge in [0.15, 0.2) is 0 Å². The van der Waals surface area contributed by atoms with Gasteiger partial charge in [0, 0.05) is 13.1 Å². The standard InChI is InChI=1S/C8H15NO2/c1-2-7-3-5-9(6-4-7)8(10)11/h2,8,10-11H,3-6H2,1H3. The summed E-state index contributed by atoms with van der Waals surface area (Å²) in [5.41, 5.74) is 1.42. The van der Waals surface area contributed by atoms with Gasteiger partial charge in [0.25, 0.3) is 0 Å². The smallest absolute Gasteiger partial charge is 0.213 e. The number of piperidine rings is 1. The quantitative estimate of drug-likeness (QED) is 0.425. The van der Waals surface area contributed by atoms with E-state index in [0.29, 0.717) is 0 Å². The fraction of sp³-hybridized carbons (Fsp3) is 0.750. The number of hydrogen-bond donors (Lipinski definition) is 2. The van der Waals surface area contributed by atoms with Gasteiger partial charge in [0.05, 0.1) is 0 Å². The monoisotopic (exact) mass is 157 g/mol. The Bertz CT molecular complexity index is 144. The van der Waals surface area contributed by atoms with Crippen LogP contribution in [0, 0.1) is 0 Å². The van der Waals surface area contributed by atoms with Crippen LogP contribution in [0.1, 0.15) is 19.8 Å². The molecule has 0 radical (unpaired) electrons. The van der Waals surface area contributed by atoms with Crippen molar-refractivity contribution in [2.45, 2.75) is 26.2 Å². The summed E-state index contributed by atoms with van der Waals surface area (Å²) in [6, 6.07) is 0. The number of aliphatic hydroxyl groups is 2. The van der Waals surface area contributed by atoms with Crippen molar-refractivity contribution in [3.63, 3.8) is 0 Å². The Hall–Kier alpha value is -0.380. The first-order chi connectivity index (χ1) is 5.24. The fourth-order valence-corrected chi connectivity index (χ4v) is 1.33. The second-order valence-electron chi connectivity index (χ2n) is 2.83. The van der Waals surface area contributed by atoms with Crippen molar-refractivity contribution in [3.05, 3.63) is 11.6 Å². The first kappa shape index (κ1) is 8.71. The van der Waals surface area contributed by atoms with Crippen LogP contribution in [0.4, 0.5) is 0 Å². The maximum atomic E-state index is 8.80. The second kappa shape index (κ2) is 3.85.